The van der Waals surface area contributed by atoms with E-state index < -0.39 is 35.7 Å². The first-order chi connectivity index (χ1) is 20.2. The van der Waals surface area contributed by atoms with Gasteiger partial charge in [-0.3, -0.25) is 0 Å². The van der Waals surface area contributed by atoms with Gasteiger partial charge >= 0.3 is 18.2 Å². The van der Waals surface area contributed by atoms with E-state index in [1.807, 2.05) is 30.3 Å². The molecule has 1 amide bonds. The molecule has 0 aromatic heterocycles. The summed E-state index contributed by atoms with van der Waals surface area (Å²) in [4.78, 5) is 25.6. The summed E-state index contributed by atoms with van der Waals surface area (Å²) in [7, 11) is 0. The third kappa shape index (κ3) is 10.6. The van der Waals surface area contributed by atoms with Crippen molar-refractivity contribution in [2.45, 2.75) is 38.5 Å². The third-order valence-corrected chi connectivity index (χ3v) is 6.10. The van der Waals surface area contributed by atoms with E-state index in [1.54, 1.807) is 31.2 Å². The molecule has 3 rings (SSSR count). The normalized spacial score (nSPS) is 11.9. The number of hydrogen-bond donors (Lipinski definition) is 1. The van der Waals surface area contributed by atoms with Crippen LogP contribution in [0.4, 0.5) is 18.0 Å². The minimum atomic E-state index is -4.68. The summed E-state index contributed by atoms with van der Waals surface area (Å²) in [5.41, 5.74) is -0.296. The Labute approximate surface area is 242 Å². The van der Waals surface area contributed by atoms with Crippen LogP contribution < -0.4 is 14.2 Å². The maximum atomic E-state index is 13.4. The van der Waals surface area contributed by atoms with E-state index in [1.165, 1.54) is 17.0 Å². The van der Waals surface area contributed by atoms with Gasteiger partial charge in [0.15, 0.2) is 6.10 Å². The number of para-hydroxylation sites is 2. The number of ether oxygens (including phenoxy) is 4. The van der Waals surface area contributed by atoms with Crippen molar-refractivity contribution in [2.75, 3.05) is 32.9 Å². The van der Waals surface area contributed by atoms with E-state index in [-0.39, 0.29) is 32.7 Å². The zero-order chi connectivity index (χ0) is 30.4. The Morgan fingerprint density at radius 1 is 0.833 bits per heavy atom. The highest BCUT2D eigenvalue weighted by atomic mass is 19.4. The molecule has 226 valence electrons. The SMILES string of the molecule is CCOC(Cc1ccc(OCCN(CCCCOc2ccccc2)C(=O)Oc2ccccc2C(F)(F)F)cc1)C(=O)O. The highest BCUT2D eigenvalue weighted by molar-refractivity contribution is 5.72. The number of amides is 1. The molecule has 0 bridgehead atoms. The molecule has 0 fully saturated rings. The van der Waals surface area contributed by atoms with Gasteiger partial charge in [0, 0.05) is 19.6 Å². The number of alkyl halides is 3. The molecule has 0 radical (unpaired) electrons. The number of hydrogen-bond acceptors (Lipinski definition) is 6. The largest absolute Gasteiger partial charge is 0.494 e. The molecule has 1 N–H and O–H groups in total. The second-order valence-corrected chi connectivity index (χ2v) is 9.20. The molecule has 0 spiro atoms. The van der Waals surface area contributed by atoms with Crippen LogP contribution in [-0.2, 0) is 22.1 Å². The van der Waals surface area contributed by atoms with Crippen LogP contribution in [0, 0.1) is 0 Å². The number of carboxylic acid groups (broad SMARTS) is 1. The minimum Gasteiger partial charge on any atom is -0.494 e. The van der Waals surface area contributed by atoms with Crippen molar-refractivity contribution in [2.24, 2.45) is 0 Å². The molecule has 3 aromatic rings. The molecule has 0 aliphatic carbocycles. The Balaban J connectivity index is 1.58. The fourth-order valence-electron chi connectivity index (χ4n) is 3.98. The van der Waals surface area contributed by atoms with Gasteiger partial charge < -0.3 is 29.0 Å². The predicted molar refractivity (Wildman–Crippen MR) is 149 cm³/mol. The van der Waals surface area contributed by atoms with Gasteiger partial charge in [-0.2, -0.15) is 13.2 Å². The van der Waals surface area contributed by atoms with E-state index in [2.05, 4.69) is 0 Å². The molecule has 11 heteroatoms. The zero-order valence-electron chi connectivity index (χ0n) is 23.2. The van der Waals surface area contributed by atoms with Crippen molar-refractivity contribution in [3.63, 3.8) is 0 Å². The number of carbonyl (C=O) groups is 2. The van der Waals surface area contributed by atoms with Crippen LogP contribution in [0.1, 0.15) is 30.9 Å². The molecule has 42 heavy (non-hydrogen) atoms. The first kappa shape index (κ1) is 32.3. The minimum absolute atomic E-state index is 0.0482. The molecule has 8 nitrogen and oxygen atoms in total. The maximum absolute atomic E-state index is 13.4. The van der Waals surface area contributed by atoms with E-state index in [4.69, 9.17) is 18.9 Å². The Morgan fingerprint density at radius 2 is 1.48 bits per heavy atom. The summed E-state index contributed by atoms with van der Waals surface area (Å²) in [6, 6.07) is 20.6. The fourth-order valence-corrected chi connectivity index (χ4v) is 3.98. The molecule has 0 saturated carbocycles. The molecule has 0 saturated heterocycles. The number of unbranched alkanes of at least 4 members (excludes halogenated alkanes) is 1. The maximum Gasteiger partial charge on any atom is 0.419 e. The Kier molecular flexibility index (Phi) is 12.5. The van der Waals surface area contributed by atoms with Crippen LogP contribution in [0.2, 0.25) is 0 Å². The topological polar surface area (TPSA) is 94.5 Å². The van der Waals surface area contributed by atoms with Crippen LogP contribution >= 0.6 is 0 Å². The molecular weight excluding hydrogens is 555 g/mol. The number of aliphatic carboxylic acids is 1. The van der Waals surface area contributed by atoms with Crippen molar-refractivity contribution in [1.29, 1.82) is 0 Å². The van der Waals surface area contributed by atoms with Gasteiger partial charge in [-0.05, 0) is 61.7 Å². The smallest absolute Gasteiger partial charge is 0.419 e. The number of carboxylic acids is 1. The quantitative estimate of drug-likeness (QED) is 0.191. The highest BCUT2D eigenvalue weighted by Crippen LogP contribution is 2.36. The summed E-state index contributed by atoms with van der Waals surface area (Å²) in [6.45, 7) is 2.71. The molecule has 1 unspecified atom stereocenters. The first-order valence-electron chi connectivity index (χ1n) is 13.5. The number of carbonyl (C=O) groups excluding carboxylic acids is 1. The monoisotopic (exact) mass is 589 g/mol. The van der Waals surface area contributed by atoms with Gasteiger partial charge in [0.1, 0.15) is 23.9 Å². The van der Waals surface area contributed by atoms with Crippen molar-refractivity contribution in [1.82, 2.24) is 4.90 Å². The van der Waals surface area contributed by atoms with E-state index in [9.17, 15) is 27.9 Å². The van der Waals surface area contributed by atoms with Crippen LogP contribution in [0.3, 0.4) is 0 Å². The lowest BCUT2D eigenvalue weighted by atomic mass is 10.1. The van der Waals surface area contributed by atoms with Gasteiger partial charge in [-0.15, -0.1) is 0 Å². The lowest BCUT2D eigenvalue weighted by Gasteiger charge is -2.23. The predicted octanol–water partition coefficient (Wildman–Crippen LogP) is 6.48. The second-order valence-electron chi connectivity index (χ2n) is 9.20. The van der Waals surface area contributed by atoms with Crippen molar-refractivity contribution < 1.29 is 46.8 Å². The molecular formula is C31H34F3NO7. The van der Waals surface area contributed by atoms with Crippen LogP contribution in [0.5, 0.6) is 17.2 Å². The molecule has 0 aliphatic rings. The van der Waals surface area contributed by atoms with Crippen molar-refractivity contribution >= 4 is 12.1 Å². The van der Waals surface area contributed by atoms with Gasteiger partial charge in [0.05, 0.1) is 18.7 Å². The van der Waals surface area contributed by atoms with Gasteiger partial charge in [-0.25, -0.2) is 9.59 Å². The standard InChI is InChI=1S/C31H34F3NO7/c1-2-39-28(29(36)37)22-23-14-16-25(17-15-23)41-21-19-35(18-8-9-20-40-24-10-4-3-5-11-24)30(38)42-27-13-7-6-12-26(27)31(32,33)34/h3-7,10-17,28H,2,8-9,18-22H2,1H3,(H,36,37). The van der Waals surface area contributed by atoms with Crippen LogP contribution in [0.25, 0.3) is 0 Å². The van der Waals surface area contributed by atoms with E-state index in [0.717, 1.165) is 17.7 Å². The van der Waals surface area contributed by atoms with Crippen molar-refractivity contribution in [3.8, 4) is 17.2 Å². The van der Waals surface area contributed by atoms with Crippen LogP contribution in [-0.4, -0.2) is 61.1 Å². The summed E-state index contributed by atoms with van der Waals surface area (Å²) in [5.74, 6) is -0.424. The Morgan fingerprint density at radius 3 is 2.14 bits per heavy atom. The first-order valence-corrected chi connectivity index (χ1v) is 13.5. The summed E-state index contributed by atoms with van der Waals surface area (Å²) < 4.78 is 62.1. The van der Waals surface area contributed by atoms with E-state index in [0.29, 0.717) is 30.9 Å². The Bertz CT molecular complexity index is 1250. The van der Waals surface area contributed by atoms with Gasteiger partial charge in [-0.1, -0.05) is 42.5 Å². The molecule has 1 atom stereocenters. The zero-order valence-corrected chi connectivity index (χ0v) is 23.2. The Hall–Kier alpha value is -4.25. The number of nitrogens with zero attached hydrogens (tertiary/aromatic N) is 1. The second kappa shape index (κ2) is 16.3. The van der Waals surface area contributed by atoms with E-state index >= 15 is 0 Å². The fraction of sp³-hybridized carbons (Fsp3) is 0.355. The summed E-state index contributed by atoms with van der Waals surface area (Å²) in [6.07, 6.45) is -5.26. The number of halogens is 3. The lowest BCUT2D eigenvalue weighted by molar-refractivity contribution is -0.150. The highest BCUT2D eigenvalue weighted by Gasteiger charge is 2.35. The molecule has 0 heterocycles. The average Bonchev–Trinajstić information content (AvgIpc) is 2.97. The molecule has 0 aliphatic heterocycles. The number of benzene rings is 3. The third-order valence-electron chi connectivity index (χ3n) is 6.10. The average molecular weight is 590 g/mol. The van der Waals surface area contributed by atoms with Crippen molar-refractivity contribution in [3.05, 3.63) is 90.0 Å². The van der Waals surface area contributed by atoms with Crippen LogP contribution in [0.15, 0.2) is 78.9 Å². The lowest BCUT2D eigenvalue weighted by Crippen LogP contribution is -2.38. The molecule has 3 aromatic carbocycles. The summed E-state index contributed by atoms with van der Waals surface area (Å²) in [5, 5.41) is 9.27. The van der Waals surface area contributed by atoms with Gasteiger partial charge in [0.25, 0.3) is 0 Å². The summed E-state index contributed by atoms with van der Waals surface area (Å²) >= 11 is 0. The van der Waals surface area contributed by atoms with Gasteiger partial charge in [0.2, 0.25) is 0 Å². The number of rotatable bonds is 16.